The Bertz CT molecular complexity index is 811. The summed E-state index contributed by atoms with van der Waals surface area (Å²) >= 11 is 0. The van der Waals surface area contributed by atoms with Gasteiger partial charge in [0.15, 0.2) is 0 Å². The lowest BCUT2D eigenvalue weighted by atomic mass is 10.1. The van der Waals surface area contributed by atoms with Gasteiger partial charge in [-0.15, -0.1) is 0 Å². The Morgan fingerprint density at radius 3 is 2.52 bits per heavy atom. The molecule has 0 saturated heterocycles. The first-order chi connectivity index (χ1) is 12.6. The molecule has 148 valence electrons. The van der Waals surface area contributed by atoms with E-state index in [1.807, 2.05) is 46.3 Å². The van der Waals surface area contributed by atoms with Gasteiger partial charge >= 0.3 is 12.1 Å². The van der Waals surface area contributed by atoms with Crippen LogP contribution in [0.1, 0.15) is 26.3 Å². The van der Waals surface area contributed by atoms with Crippen molar-refractivity contribution in [2.45, 2.75) is 32.7 Å². The number of amides is 1. The highest BCUT2D eigenvalue weighted by Gasteiger charge is 2.31. The lowest BCUT2D eigenvalue weighted by Gasteiger charge is -2.34. The van der Waals surface area contributed by atoms with E-state index in [9.17, 15) is 9.59 Å². The average molecular weight is 375 g/mol. The maximum atomic E-state index is 12.7. The lowest BCUT2D eigenvalue weighted by molar-refractivity contribution is -0.144. The number of benzene rings is 1. The first-order valence-electron chi connectivity index (χ1n) is 8.94. The van der Waals surface area contributed by atoms with Crippen LogP contribution in [0.15, 0.2) is 24.4 Å². The first-order valence-corrected chi connectivity index (χ1v) is 8.94. The standard InChI is InChI=1S/C20H29N3O4/c1-14(24)26-13-20(2,3)23(6)19(25)27-17-9-7-8-16-18(17)15(12-21-16)10-11-22(4)5/h7-9,12,21H,10-11,13H2,1-6H3. The molecule has 1 N–H and O–H groups in total. The lowest BCUT2D eigenvalue weighted by Crippen LogP contribution is -2.49. The summed E-state index contributed by atoms with van der Waals surface area (Å²) in [5, 5.41) is 0.916. The summed E-state index contributed by atoms with van der Waals surface area (Å²) in [5.41, 5.74) is 1.34. The second-order valence-corrected chi connectivity index (χ2v) is 7.57. The molecule has 0 unspecified atom stereocenters. The molecule has 1 aromatic carbocycles. The average Bonchev–Trinajstić information content (AvgIpc) is 3.01. The van der Waals surface area contributed by atoms with E-state index in [1.165, 1.54) is 11.8 Å². The Hall–Kier alpha value is -2.54. The second-order valence-electron chi connectivity index (χ2n) is 7.57. The van der Waals surface area contributed by atoms with Crippen molar-refractivity contribution in [2.24, 2.45) is 0 Å². The van der Waals surface area contributed by atoms with E-state index in [0.717, 1.165) is 29.4 Å². The minimum Gasteiger partial charge on any atom is -0.463 e. The van der Waals surface area contributed by atoms with Gasteiger partial charge in [-0.25, -0.2) is 4.79 Å². The molecule has 0 radical (unpaired) electrons. The number of carbonyl (C=O) groups excluding carboxylic acids is 2. The number of fused-ring (bicyclic) bond motifs is 1. The summed E-state index contributed by atoms with van der Waals surface area (Å²) in [6, 6.07) is 5.60. The third kappa shape index (κ3) is 5.23. The molecule has 0 aliphatic rings. The molecule has 1 aromatic heterocycles. The fraction of sp³-hybridized carbons (Fsp3) is 0.500. The molecule has 0 saturated carbocycles. The molecule has 1 amide bonds. The molecule has 27 heavy (non-hydrogen) atoms. The van der Waals surface area contributed by atoms with Crippen molar-refractivity contribution in [3.63, 3.8) is 0 Å². The Morgan fingerprint density at radius 2 is 1.89 bits per heavy atom. The van der Waals surface area contributed by atoms with Crippen LogP contribution in [0, 0.1) is 0 Å². The van der Waals surface area contributed by atoms with Crippen LogP contribution < -0.4 is 4.74 Å². The largest absolute Gasteiger partial charge is 0.463 e. The predicted molar refractivity (Wildman–Crippen MR) is 105 cm³/mol. The normalized spacial score (nSPS) is 11.7. The molecule has 2 aromatic rings. The summed E-state index contributed by atoms with van der Waals surface area (Å²) < 4.78 is 10.8. The highest BCUT2D eigenvalue weighted by molar-refractivity contribution is 5.91. The van der Waals surface area contributed by atoms with Crippen LogP contribution in [0.3, 0.4) is 0 Å². The maximum Gasteiger partial charge on any atom is 0.415 e. The van der Waals surface area contributed by atoms with Crippen LogP contribution in [-0.2, 0) is 16.0 Å². The Balaban J connectivity index is 2.20. The summed E-state index contributed by atoms with van der Waals surface area (Å²) in [6.07, 6.45) is 2.30. The van der Waals surface area contributed by atoms with Crippen molar-refractivity contribution in [1.29, 1.82) is 0 Å². The molecular weight excluding hydrogens is 346 g/mol. The van der Waals surface area contributed by atoms with Crippen LogP contribution in [-0.4, -0.2) is 66.7 Å². The van der Waals surface area contributed by atoms with Crippen LogP contribution in [0.4, 0.5) is 4.79 Å². The smallest absolute Gasteiger partial charge is 0.415 e. The third-order valence-corrected chi connectivity index (χ3v) is 4.59. The van der Waals surface area contributed by atoms with Crippen molar-refractivity contribution in [2.75, 3.05) is 34.3 Å². The molecular formula is C20H29N3O4. The highest BCUT2D eigenvalue weighted by atomic mass is 16.6. The van der Waals surface area contributed by atoms with E-state index < -0.39 is 11.6 Å². The van der Waals surface area contributed by atoms with Gasteiger partial charge in [-0.2, -0.15) is 0 Å². The summed E-state index contributed by atoms with van der Waals surface area (Å²) in [4.78, 5) is 30.6. The van der Waals surface area contributed by atoms with Gasteiger partial charge in [0.2, 0.25) is 0 Å². The number of carbonyl (C=O) groups is 2. The van der Waals surface area contributed by atoms with Gasteiger partial charge < -0.3 is 24.3 Å². The number of rotatable bonds is 7. The van der Waals surface area contributed by atoms with Gasteiger partial charge in [0, 0.05) is 37.6 Å². The van der Waals surface area contributed by atoms with Gasteiger partial charge in [0.25, 0.3) is 0 Å². The van der Waals surface area contributed by atoms with Crippen molar-refractivity contribution in [1.82, 2.24) is 14.8 Å². The molecule has 0 spiro atoms. The van der Waals surface area contributed by atoms with E-state index >= 15 is 0 Å². The number of nitrogens with one attached hydrogen (secondary N) is 1. The van der Waals surface area contributed by atoms with E-state index in [0.29, 0.717) is 5.75 Å². The number of hydrogen-bond acceptors (Lipinski definition) is 5. The highest BCUT2D eigenvalue weighted by Crippen LogP contribution is 2.30. The molecule has 1 heterocycles. The van der Waals surface area contributed by atoms with Gasteiger partial charge in [-0.1, -0.05) is 6.07 Å². The zero-order valence-electron chi connectivity index (χ0n) is 17.0. The van der Waals surface area contributed by atoms with E-state index in [2.05, 4.69) is 9.88 Å². The van der Waals surface area contributed by atoms with E-state index in [-0.39, 0.29) is 12.6 Å². The zero-order valence-corrected chi connectivity index (χ0v) is 17.0. The van der Waals surface area contributed by atoms with E-state index in [1.54, 1.807) is 13.1 Å². The molecule has 0 fully saturated rings. The molecule has 0 aliphatic carbocycles. The fourth-order valence-corrected chi connectivity index (χ4v) is 2.63. The minimum atomic E-state index is -0.692. The molecule has 0 bridgehead atoms. The summed E-state index contributed by atoms with van der Waals surface area (Å²) in [7, 11) is 5.68. The zero-order chi connectivity index (χ0) is 20.2. The number of esters is 1. The SMILES string of the molecule is CC(=O)OCC(C)(C)N(C)C(=O)Oc1cccc2[nH]cc(CCN(C)C)c12. The molecule has 0 aliphatic heterocycles. The molecule has 2 rings (SSSR count). The van der Waals surface area contributed by atoms with Crippen molar-refractivity contribution in [3.05, 3.63) is 30.0 Å². The Morgan fingerprint density at radius 1 is 1.19 bits per heavy atom. The molecule has 7 nitrogen and oxygen atoms in total. The topological polar surface area (TPSA) is 74.9 Å². The predicted octanol–water partition coefficient (Wildman–Crippen LogP) is 3.04. The number of hydrogen-bond donors (Lipinski definition) is 1. The quantitative estimate of drug-likeness (QED) is 0.753. The number of ether oxygens (including phenoxy) is 2. The van der Waals surface area contributed by atoms with Gasteiger partial charge in [-0.3, -0.25) is 4.79 Å². The van der Waals surface area contributed by atoms with Crippen molar-refractivity contribution >= 4 is 23.0 Å². The maximum absolute atomic E-state index is 12.7. The number of aromatic amines is 1. The number of likely N-dealkylation sites (N-methyl/N-ethyl adjacent to an activating group) is 2. The summed E-state index contributed by atoms with van der Waals surface area (Å²) in [5.74, 6) is 0.134. The minimum absolute atomic E-state index is 0.0936. The fourth-order valence-electron chi connectivity index (χ4n) is 2.63. The van der Waals surface area contributed by atoms with Gasteiger partial charge in [0.1, 0.15) is 12.4 Å². The second kappa shape index (κ2) is 8.43. The third-order valence-electron chi connectivity index (χ3n) is 4.59. The van der Waals surface area contributed by atoms with Crippen LogP contribution in [0.2, 0.25) is 0 Å². The molecule has 7 heteroatoms. The first kappa shape index (κ1) is 20.8. The Labute approximate surface area is 160 Å². The Kier molecular flexibility index (Phi) is 6.49. The number of aromatic nitrogens is 1. The van der Waals surface area contributed by atoms with Crippen molar-refractivity contribution in [3.8, 4) is 5.75 Å². The monoisotopic (exact) mass is 375 g/mol. The van der Waals surface area contributed by atoms with Crippen LogP contribution >= 0.6 is 0 Å². The van der Waals surface area contributed by atoms with Gasteiger partial charge in [0.05, 0.1) is 5.54 Å². The number of nitrogens with zero attached hydrogens (tertiary/aromatic N) is 2. The van der Waals surface area contributed by atoms with Gasteiger partial charge in [-0.05, 0) is 52.1 Å². The summed E-state index contributed by atoms with van der Waals surface area (Å²) in [6.45, 7) is 5.96. The molecule has 0 atom stereocenters. The van der Waals surface area contributed by atoms with Crippen LogP contribution in [0.25, 0.3) is 10.9 Å². The van der Waals surface area contributed by atoms with E-state index in [4.69, 9.17) is 9.47 Å². The van der Waals surface area contributed by atoms with Crippen LogP contribution in [0.5, 0.6) is 5.75 Å². The number of H-pyrrole nitrogens is 1. The van der Waals surface area contributed by atoms with Crippen molar-refractivity contribution < 1.29 is 19.1 Å².